The highest BCUT2D eigenvalue weighted by atomic mass is 16.4. The zero-order chi connectivity index (χ0) is 26.0. The summed E-state index contributed by atoms with van der Waals surface area (Å²) >= 11 is 0. The summed E-state index contributed by atoms with van der Waals surface area (Å²) < 4.78 is 0. The Hall–Kier alpha value is -4.20. The van der Waals surface area contributed by atoms with E-state index in [1.165, 1.54) is 31.2 Å². The number of carbonyl (C=O) groups is 6. The molecule has 0 aromatic heterocycles. The average Bonchev–Trinajstić information content (AvgIpc) is 2.73. The normalized spacial score (nSPS) is 14.1. The molecule has 0 aliphatic rings. The fraction of sp³-hybridized carbons (Fsp3) is 0.400. The molecule has 4 unspecified atom stereocenters. The quantitative estimate of drug-likeness (QED) is 0.139. The van der Waals surface area contributed by atoms with Crippen LogP contribution in [0.4, 0.5) is 0 Å². The van der Waals surface area contributed by atoms with Crippen LogP contribution in [0.25, 0.3) is 0 Å². The summed E-state index contributed by atoms with van der Waals surface area (Å²) in [5.41, 5.74) is 16.1. The molecule has 5 amide bonds. The number of carboxylic acid groups (broad SMARTS) is 1. The topological polar surface area (TPSA) is 257 Å². The molecule has 14 heteroatoms. The van der Waals surface area contributed by atoms with Gasteiger partial charge in [-0.3, -0.25) is 24.0 Å². The van der Waals surface area contributed by atoms with Crippen molar-refractivity contribution in [3.63, 3.8) is 0 Å². The fourth-order valence-electron chi connectivity index (χ4n) is 2.74. The zero-order valence-corrected chi connectivity index (χ0v) is 18.3. The first-order chi connectivity index (χ1) is 15.8. The van der Waals surface area contributed by atoms with Gasteiger partial charge in [-0.2, -0.15) is 0 Å². The summed E-state index contributed by atoms with van der Waals surface area (Å²) in [7, 11) is 0. The van der Waals surface area contributed by atoms with Crippen molar-refractivity contribution in [2.75, 3.05) is 0 Å². The van der Waals surface area contributed by atoms with Gasteiger partial charge in [0.1, 0.15) is 23.9 Å². The van der Waals surface area contributed by atoms with Gasteiger partial charge in [-0.1, -0.05) is 12.1 Å². The van der Waals surface area contributed by atoms with Gasteiger partial charge in [0.25, 0.3) is 0 Å². The van der Waals surface area contributed by atoms with Crippen molar-refractivity contribution in [3.8, 4) is 5.75 Å². The van der Waals surface area contributed by atoms with Crippen LogP contribution in [0.1, 0.15) is 25.3 Å². The Morgan fingerprint density at radius 1 is 0.824 bits per heavy atom. The third-order valence-corrected chi connectivity index (χ3v) is 4.54. The van der Waals surface area contributed by atoms with Gasteiger partial charge in [0.05, 0.1) is 18.9 Å². The largest absolute Gasteiger partial charge is 0.508 e. The number of phenols is 1. The number of nitrogens with one attached hydrogen (secondary N) is 3. The Bertz CT molecular complexity index is 935. The molecule has 1 rings (SSSR count). The first-order valence-electron chi connectivity index (χ1n) is 10.0. The van der Waals surface area contributed by atoms with Crippen molar-refractivity contribution in [1.82, 2.24) is 16.0 Å². The average molecular weight is 480 g/mol. The Morgan fingerprint density at radius 3 is 1.85 bits per heavy atom. The van der Waals surface area contributed by atoms with E-state index in [4.69, 9.17) is 17.2 Å². The molecule has 1 aromatic carbocycles. The molecular weight excluding hydrogens is 452 g/mol. The summed E-state index contributed by atoms with van der Waals surface area (Å²) in [4.78, 5) is 70.8. The Kier molecular flexibility index (Phi) is 10.4. The van der Waals surface area contributed by atoms with Crippen molar-refractivity contribution in [2.45, 2.75) is 50.4 Å². The van der Waals surface area contributed by atoms with Crippen molar-refractivity contribution in [1.29, 1.82) is 0 Å². The van der Waals surface area contributed by atoms with Crippen molar-refractivity contribution in [3.05, 3.63) is 29.8 Å². The third kappa shape index (κ3) is 9.52. The Balaban J connectivity index is 2.81. The molecule has 0 radical (unpaired) electrons. The van der Waals surface area contributed by atoms with Gasteiger partial charge in [-0.05, 0) is 24.6 Å². The van der Waals surface area contributed by atoms with E-state index < -0.39 is 72.5 Å². The van der Waals surface area contributed by atoms with Crippen LogP contribution >= 0.6 is 0 Å². The number of carbonyl (C=O) groups excluding carboxylic acids is 5. The molecule has 186 valence electrons. The summed E-state index contributed by atoms with van der Waals surface area (Å²) in [6.07, 6.45) is -1.24. The lowest BCUT2D eigenvalue weighted by Crippen LogP contribution is -2.57. The van der Waals surface area contributed by atoms with Gasteiger partial charge < -0.3 is 43.4 Å². The van der Waals surface area contributed by atoms with E-state index in [-0.39, 0.29) is 12.2 Å². The third-order valence-electron chi connectivity index (χ3n) is 4.54. The van der Waals surface area contributed by atoms with E-state index in [1.54, 1.807) is 0 Å². The van der Waals surface area contributed by atoms with E-state index in [0.29, 0.717) is 5.56 Å². The molecule has 1 aromatic rings. The Morgan fingerprint density at radius 2 is 1.35 bits per heavy atom. The van der Waals surface area contributed by atoms with Crippen LogP contribution in [0.3, 0.4) is 0 Å². The van der Waals surface area contributed by atoms with E-state index in [1.807, 2.05) is 0 Å². The molecule has 0 saturated carbocycles. The molecule has 0 spiro atoms. The van der Waals surface area contributed by atoms with Gasteiger partial charge in [0, 0.05) is 6.42 Å². The number of primary amides is 2. The molecule has 4 atom stereocenters. The fourth-order valence-corrected chi connectivity index (χ4v) is 2.74. The molecule has 0 aliphatic carbocycles. The SMILES string of the molecule is CC(NC(=O)C(CC(N)=O)NC(=O)C(N)CC(N)=O)C(=O)NC(Cc1ccc(O)cc1)C(=O)O. The molecule has 0 bridgehead atoms. The summed E-state index contributed by atoms with van der Waals surface area (Å²) in [6.45, 7) is 1.26. The standard InChI is InChI=1S/C20H28N6O8/c1-9(17(30)26-14(20(33)34)6-10-2-4-11(27)5-3-10)24-19(32)13(8-16(23)29)25-18(31)12(21)7-15(22)28/h2-5,9,12-14,27H,6-8,21H2,1H3,(H2,22,28)(H2,23,29)(H,24,32)(H,25,31)(H,26,30)(H,33,34). The minimum absolute atomic E-state index is 0.0100. The Labute approximate surface area is 194 Å². The molecule has 0 saturated heterocycles. The lowest BCUT2D eigenvalue weighted by Gasteiger charge is -2.23. The maximum absolute atomic E-state index is 12.5. The van der Waals surface area contributed by atoms with E-state index in [9.17, 15) is 39.0 Å². The zero-order valence-electron chi connectivity index (χ0n) is 18.3. The number of benzene rings is 1. The number of carboxylic acids is 1. The summed E-state index contributed by atoms with van der Waals surface area (Å²) in [6, 6.07) is 0.211. The molecule has 0 heterocycles. The highest BCUT2D eigenvalue weighted by molar-refractivity contribution is 5.96. The maximum atomic E-state index is 12.5. The molecule has 0 fully saturated rings. The van der Waals surface area contributed by atoms with Gasteiger partial charge in [0.2, 0.25) is 29.5 Å². The lowest BCUT2D eigenvalue weighted by atomic mass is 10.1. The number of aromatic hydroxyl groups is 1. The van der Waals surface area contributed by atoms with E-state index in [2.05, 4.69) is 16.0 Å². The first kappa shape index (κ1) is 27.8. The second-order valence-corrected chi connectivity index (χ2v) is 7.51. The molecule has 11 N–H and O–H groups in total. The number of nitrogens with two attached hydrogens (primary N) is 3. The predicted molar refractivity (Wildman–Crippen MR) is 117 cm³/mol. The minimum atomic E-state index is -1.51. The second kappa shape index (κ2) is 12.7. The first-order valence-corrected chi connectivity index (χ1v) is 10.0. The van der Waals surface area contributed by atoms with Crippen molar-refractivity contribution in [2.24, 2.45) is 17.2 Å². The van der Waals surface area contributed by atoms with Crippen LogP contribution in [0.5, 0.6) is 5.75 Å². The molecule has 34 heavy (non-hydrogen) atoms. The highest BCUT2D eigenvalue weighted by Crippen LogP contribution is 2.11. The van der Waals surface area contributed by atoms with Gasteiger partial charge in [-0.15, -0.1) is 0 Å². The number of amides is 5. The van der Waals surface area contributed by atoms with Crippen molar-refractivity contribution >= 4 is 35.5 Å². The van der Waals surface area contributed by atoms with Crippen LogP contribution in [0.2, 0.25) is 0 Å². The monoisotopic (exact) mass is 480 g/mol. The molecular formula is C20H28N6O8. The summed E-state index contributed by atoms with van der Waals surface area (Å²) in [5.74, 6) is -5.91. The molecule has 14 nitrogen and oxygen atoms in total. The maximum Gasteiger partial charge on any atom is 0.326 e. The second-order valence-electron chi connectivity index (χ2n) is 7.51. The van der Waals surface area contributed by atoms with Gasteiger partial charge in [-0.25, -0.2) is 4.79 Å². The number of phenolic OH excluding ortho intramolecular Hbond substituents is 1. The smallest absolute Gasteiger partial charge is 0.326 e. The van der Waals surface area contributed by atoms with Crippen LogP contribution < -0.4 is 33.2 Å². The number of aliphatic carboxylic acids is 1. The van der Waals surface area contributed by atoms with Crippen LogP contribution in [0, 0.1) is 0 Å². The summed E-state index contributed by atoms with van der Waals surface area (Å²) in [5, 5.41) is 25.4. The van der Waals surface area contributed by atoms with Crippen molar-refractivity contribution < 1.29 is 39.0 Å². The van der Waals surface area contributed by atoms with Crippen LogP contribution in [-0.2, 0) is 35.2 Å². The van der Waals surface area contributed by atoms with E-state index >= 15 is 0 Å². The number of hydrogen-bond donors (Lipinski definition) is 8. The highest BCUT2D eigenvalue weighted by Gasteiger charge is 2.29. The predicted octanol–water partition coefficient (Wildman–Crippen LogP) is -3.43. The number of rotatable bonds is 13. The lowest BCUT2D eigenvalue weighted by molar-refractivity contribution is -0.142. The van der Waals surface area contributed by atoms with Gasteiger partial charge in [0.15, 0.2) is 0 Å². The minimum Gasteiger partial charge on any atom is -0.508 e. The molecule has 0 aliphatic heterocycles. The van der Waals surface area contributed by atoms with Crippen LogP contribution in [-0.4, -0.2) is 69.9 Å². The van der Waals surface area contributed by atoms with Gasteiger partial charge >= 0.3 is 5.97 Å². The van der Waals surface area contributed by atoms with Crippen LogP contribution in [0.15, 0.2) is 24.3 Å². The number of hydrogen-bond acceptors (Lipinski definition) is 8. The van der Waals surface area contributed by atoms with E-state index in [0.717, 1.165) is 0 Å².